The summed E-state index contributed by atoms with van der Waals surface area (Å²) < 4.78 is 40.2. The highest BCUT2D eigenvalue weighted by molar-refractivity contribution is 5.77. The quantitative estimate of drug-likeness (QED) is 0.729. The van der Waals surface area contributed by atoms with Crippen LogP contribution in [-0.2, 0) is 17.5 Å². The number of hydrogen-bond donors (Lipinski definition) is 1. The van der Waals surface area contributed by atoms with Gasteiger partial charge in [0.15, 0.2) is 0 Å². The van der Waals surface area contributed by atoms with E-state index in [9.17, 15) is 18.0 Å². The summed E-state index contributed by atoms with van der Waals surface area (Å²) in [7, 11) is 0. The average molecular weight is 432 g/mol. The van der Waals surface area contributed by atoms with Gasteiger partial charge in [-0.3, -0.25) is 14.7 Å². The van der Waals surface area contributed by atoms with Crippen molar-refractivity contribution in [2.45, 2.75) is 76.3 Å². The largest absolute Gasteiger partial charge is 0.416 e. The van der Waals surface area contributed by atoms with Crippen molar-refractivity contribution in [3.8, 4) is 0 Å². The normalized spacial score (nSPS) is 27.3. The van der Waals surface area contributed by atoms with Crippen LogP contribution >= 0.6 is 0 Å². The van der Waals surface area contributed by atoms with Crippen LogP contribution in [0.4, 0.5) is 13.2 Å². The molecule has 3 heterocycles. The molecule has 1 aromatic heterocycles. The van der Waals surface area contributed by atoms with Gasteiger partial charge in [0.25, 0.3) is 0 Å². The monoisotopic (exact) mass is 431 g/mol. The number of likely N-dealkylation sites (tertiary alicyclic amines) is 1. The van der Waals surface area contributed by atoms with Crippen LogP contribution in [0.3, 0.4) is 0 Å². The van der Waals surface area contributed by atoms with E-state index in [-0.39, 0.29) is 18.0 Å². The number of carbonyl (C=O) groups is 1. The summed E-state index contributed by atoms with van der Waals surface area (Å²) in [5.74, 6) is 0.0190. The van der Waals surface area contributed by atoms with Crippen molar-refractivity contribution in [1.82, 2.24) is 15.2 Å². The van der Waals surface area contributed by atoms with Crippen molar-refractivity contribution in [3.05, 3.63) is 65.0 Å². The van der Waals surface area contributed by atoms with E-state index in [0.717, 1.165) is 36.7 Å². The molecular formula is C24H28F3N3O. The smallest absolute Gasteiger partial charge is 0.349 e. The Morgan fingerprint density at radius 3 is 2.71 bits per heavy atom. The first-order valence-electron chi connectivity index (χ1n) is 10.8. The second-order valence-electron chi connectivity index (χ2n) is 9.01. The van der Waals surface area contributed by atoms with E-state index in [1.54, 1.807) is 6.07 Å². The van der Waals surface area contributed by atoms with Crippen LogP contribution in [0.15, 0.2) is 42.5 Å². The van der Waals surface area contributed by atoms with Crippen molar-refractivity contribution in [1.29, 1.82) is 0 Å². The topological polar surface area (TPSA) is 45.2 Å². The van der Waals surface area contributed by atoms with Gasteiger partial charge in [0.05, 0.1) is 16.8 Å². The summed E-state index contributed by atoms with van der Waals surface area (Å²) in [4.78, 5) is 19.3. The predicted octanol–water partition coefficient (Wildman–Crippen LogP) is 5.17. The van der Waals surface area contributed by atoms with Crippen LogP contribution in [0.5, 0.6) is 0 Å². The number of aromatic nitrogens is 1. The van der Waals surface area contributed by atoms with Crippen molar-refractivity contribution in [3.63, 3.8) is 0 Å². The van der Waals surface area contributed by atoms with E-state index in [4.69, 9.17) is 0 Å². The molecule has 0 unspecified atom stereocenters. The second kappa shape index (κ2) is 8.26. The third-order valence-corrected chi connectivity index (χ3v) is 6.60. The van der Waals surface area contributed by atoms with Crippen molar-refractivity contribution < 1.29 is 18.0 Å². The number of nitrogens with zero attached hydrogens (tertiary/aromatic N) is 2. The SMILES string of the molecule is Cc1cccc(CN2[C@H]3CCCCC(=O)N[C@@]3(C)C[C@H]2c2cccc(C(F)(F)F)c2)n1. The fourth-order valence-corrected chi connectivity index (χ4v) is 5.19. The fraction of sp³-hybridized carbons (Fsp3) is 0.500. The molecule has 3 atom stereocenters. The van der Waals surface area contributed by atoms with Crippen LogP contribution in [0, 0.1) is 6.92 Å². The highest BCUT2D eigenvalue weighted by Crippen LogP contribution is 2.46. The third-order valence-electron chi connectivity index (χ3n) is 6.60. The molecule has 1 N–H and O–H groups in total. The molecular weight excluding hydrogens is 403 g/mol. The van der Waals surface area contributed by atoms with Crippen molar-refractivity contribution >= 4 is 5.91 Å². The second-order valence-corrected chi connectivity index (χ2v) is 9.01. The molecule has 2 aliphatic rings. The first kappa shape index (κ1) is 21.8. The molecule has 0 radical (unpaired) electrons. The molecule has 4 rings (SSSR count). The number of fused-ring (bicyclic) bond motifs is 1. The van der Waals surface area contributed by atoms with E-state index >= 15 is 0 Å². The maximum Gasteiger partial charge on any atom is 0.416 e. The molecule has 2 fully saturated rings. The molecule has 0 saturated carbocycles. The van der Waals surface area contributed by atoms with Gasteiger partial charge in [-0.05, 0) is 62.9 Å². The third kappa shape index (κ3) is 4.61. The number of pyridine rings is 1. The lowest BCUT2D eigenvalue weighted by Crippen LogP contribution is -2.55. The maximum atomic E-state index is 13.4. The van der Waals surface area contributed by atoms with E-state index < -0.39 is 17.3 Å². The lowest BCUT2D eigenvalue weighted by molar-refractivity contribution is -0.137. The Bertz CT molecular complexity index is 961. The minimum absolute atomic E-state index is 0.0190. The van der Waals surface area contributed by atoms with Crippen molar-refractivity contribution in [2.75, 3.05) is 0 Å². The molecule has 2 saturated heterocycles. The number of carbonyl (C=O) groups excluding carboxylic acids is 1. The van der Waals surface area contributed by atoms with E-state index in [1.807, 2.05) is 32.0 Å². The summed E-state index contributed by atoms with van der Waals surface area (Å²) in [6, 6.07) is 11.2. The van der Waals surface area contributed by atoms with Crippen molar-refractivity contribution in [2.24, 2.45) is 0 Å². The molecule has 1 aromatic carbocycles. The number of aryl methyl sites for hydroxylation is 1. The van der Waals surface area contributed by atoms with E-state index in [2.05, 4.69) is 15.2 Å². The van der Waals surface area contributed by atoms with Gasteiger partial charge in [-0.15, -0.1) is 0 Å². The summed E-state index contributed by atoms with van der Waals surface area (Å²) in [5, 5.41) is 3.21. The van der Waals surface area contributed by atoms with Gasteiger partial charge in [-0.25, -0.2) is 0 Å². The minimum atomic E-state index is -4.39. The molecule has 31 heavy (non-hydrogen) atoms. The number of nitrogens with one attached hydrogen (secondary N) is 1. The van der Waals surface area contributed by atoms with Crippen LogP contribution in [-0.4, -0.2) is 27.4 Å². The fourth-order valence-electron chi connectivity index (χ4n) is 5.19. The van der Waals surface area contributed by atoms with Gasteiger partial charge in [0, 0.05) is 30.7 Å². The number of hydrogen-bond acceptors (Lipinski definition) is 3. The highest BCUT2D eigenvalue weighted by Gasteiger charge is 2.50. The number of alkyl halides is 3. The van der Waals surface area contributed by atoms with E-state index in [1.165, 1.54) is 12.1 Å². The van der Waals surface area contributed by atoms with Crippen LogP contribution < -0.4 is 5.32 Å². The molecule has 2 aliphatic heterocycles. The van der Waals surface area contributed by atoms with Crippen LogP contribution in [0.2, 0.25) is 0 Å². The molecule has 0 aliphatic carbocycles. The zero-order valence-corrected chi connectivity index (χ0v) is 17.9. The molecule has 4 nitrogen and oxygen atoms in total. The molecule has 0 spiro atoms. The number of benzene rings is 1. The Morgan fingerprint density at radius 2 is 1.97 bits per heavy atom. The predicted molar refractivity (Wildman–Crippen MR) is 112 cm³/mol. The minimum Gasteiger partial charge on any atom is -0.349 e. The zero-order chi connectivity index (χ0) is 22.2. The number of halogens is 3. The summed E-state index contributed by atoms with van der Waals surface area (Å²) in [6.07, 6.45) is -0.703. The first-order valence-corrected chi connectivity index (χ1v) is 10.8. The van der Waals surface area contributed by atoms with Gasteiger partial charge < -0.3 is 5.32 Å². The Balaban J connectivity index is 1.75. The highest BCUT2D eigenvalue weighted by atomic mass is 19.4. The van der Waals surface area contributed by atoms with Gasteiger partial charge in [0.1, 0.15) is 0 Å². The summed E-state index contributed by atoms with van der Waals surface area (Å²) >= 11 is 0. The zero-order valence-electron chi connectivity index (χ0n) is 17.9. The average Bonchev–Trinajstić information content (AvgIpc) is 2.94. The lowest BCUT2D eigenvalue weighted by Gasteiger charge is -2.38. The number of amides is 1. The Hall–Kier alpha value is -2.41. The number of rotatable bonds is 3. The molecule has 7 heteroatoms. The molecule has 1 amide bonds. The van der Waals surface area contributed by atoms with E-state index in [0.29, 0.717) is 24.9 Å². The Morgan fingerprint density at radius 1 is 1.19 bits per heavy atom. The summed E-state index contributed by atoms with van der Waals surface area (Å²) in [5.41, 5.74) is 1.28. The summed E-state index contributed by atoms with van der Waals surface area (Å²) in [6.45, 7) is 4.49. The van der Waals surface area contributed by atoms with Gasteiger partial charge in [0.2, 0.25) is 5.91 Å². The maximum absolute atomic E-state index is 13.4. The Kier molecular flexibility index (Phi) is 5.81. The van der Waals surface area contributed by atoms with Gasteiger partial charge >= 0.3 is 6.18 Å². The molecule has 2 aromatic rings. The lowest BCUT2D eigenvalue weighted by atomic mass is 9.85. The molecule has 0 bridgehead atoms. The Labute approximate surface area is 180 Å². The van der Waals surface area contributed by atoms with Gasteiger partial charge in [-0.1, -0.05) is 24.6 Å². The van der Waals surface area contributed by atoms with Crippen LogP contribution in [0.25, 0.3) is 0 Å². The molecule has 166 valence electrons. The standard InChI is InChI=1S/C24H28F3N3O/c1-16-7-5-10-19(28-16)15-30-20(17-8-6-9-18(13-17)24(25,26)27)14-23(2)21(30)11-3-4-12-22(31)29-23/h5-10,13,20-21H,3-4,11-12,14-15H2,1-2H3,(H,29,31)/t20-,21-,23-/m0/s1. The van der Waals surface area contributed by atoms with Gasteiger partial charge in [-0.2, -0.15) is 13.2 Å². The van der Waals surface area contributed by atoms with Crippen LogP contribution in [0.1, 0.15) is 67.6 Å². The first-order chi connectivity index (χ1) is 14.7.